The van der Waals surface area contributed by atoms with E-state index in [9.17, 15) is 0 Å². The molecule has 1 aromatic rings. The van der Waals surface area contributed by atoms with E-state index in [1.807, 2.05) is 0 Å². The molecule has 0 aromatic carbocycles. The predicted molar refractivity (Wildman–Crippen MR) is 60.4 cm³/mol. The second-order valence-electron chi connectivity index (χ2n) is 4.22. The normalized spacial score (nSPS) is 21.1. The summed E-state index contributed by atoms with van der Waals surface area (Å²) in [6.45, 7) is 1.20. The number of rotatable bonds is 4. The molecule has 2 aliphatic carbocycles. The number of aromatic amines is 1. The minimum atomic E-state index is 0.754. The van der Waals surface area contributed by atoms with Crippen molar-refractivity contribution in [1.29, 1.82) is 0 Å². The molecular weight excluding hydrogens is 214 g/mol. The number of hydrogen-bond donors (Lipinski definition) is 1. The Hall–Kier alpha value is -0.420. The van der Waals surface area contributed by atoms with Gasteiger partial charge < -0.3 is 4.90 Å². The lowest BCUT2D eigenvalue weighted by molar-refractivity contribution is 0.711. The molecule has 0 unspecified atom stereocenters. The fourth-order valence-electron chi connectivity index (χ4n) is 1.69. The van der Waals surface area contributed by atoms with Crippen molar-refractivity contribution in [2.75, 3.05) is 11.4 Å². The van der Waals surface area contributed by atoms with Crippen molar-refractivity contribution in [3.05, 3.63) is 3.95 Å². The van der Waals surface area contributed by atoms with Crippen LogP contribution >= 0.6 is 23.6 Å². The van der Waals surface area contributed by atoms with E-state index in [0.29, 0.717) is 0 Å². The number of anilines is 1. The molecule has 0 spiro atoms. The highest BCUT2D eigenvalue weighted by atomic mass is 32.1. The fourth-order valence-corrected chi connectivity index (χ4v) is 2.65. The average Bonchev–Trinajstić information content (AvgIpc) is 3.04. The van der Waals surface area contributed by atoms with Gasteiger partial charge in [0.1, 0.15) is 0 Å². The van der Waals surface area contributed by atoms with Crippen LogP contribution in [0.2, 0.25) is 0 Å². The molecule has 1 aromatic heterocycles. The maximum absolute atomic E-state index is 5.06. The first-order valence-corrected chi connectivity index (χ1v) is 6.37. The maximum atomic E-state index is 5.06. The zero-order valence-electron chi connectivity index (χ0n) is 7.90. The van der Waals surface area contributed by atoms with E-state index in [4.69, 9.17) is 12.2 Å². The second kappa shape index (κ2) is 3.31. The van der Waals surface area contributed by atoms with Gasteiger partial charge in [0, 0.05) is 12.6 Å². The van der Waals surface area contributed by atoms with Crippen molar-refractivity contribution >= 4 is 28.7 Å². The summed E-state index contributed by atoms with van der Waals surface area (Å²) in [6.07, 6.45) is 5.47. The molecule has 0 radical (unpaired) electrons. The molecule has 3 rings (SSSR count). The van der Waals surface area contributed by atoms with E-state index < -0.39 is 0 Å². The lowest BCUT2D eigenvalue weighted by atomic mass is 10.4. The Kier molecular flexibility index (Phi) is 2.09. The smallest absolute Gasteiger partial charge is 0.207 e. The number of H-pyrrole nitrogens is 1. The molecule has 2 fully saturated rings. The molecule has 1 N–H and O–H groups in total. The van der Waals surface area contributed by atoms with Gasteiger partial charge in [-0.25, -0.2) is 0 Å². The third-order valence-electron chi connectivity index (χ3n) is 2.81. The van der Waals surface area contributed by atoms with Crippen molar-refractivity contribution in [1.82, 2.24) is 10.2 Å². The van der Waals surface area contributed by atoms with Crippen molar-refractivity contribution in [3.63, 3.8) is 0 Å². The van der Waals surface area contributed by atoms with Crippen LogP contribution in [0.5, 0.6) is 0 Å². The van der Waals surface area contributed by atoms with Crippen LogP contribution < -0.4 is 4.90 Å². The monoisotopic (exact) mass is 227 g/mol. The van der Waals surface area contributed by atoms with Gasteiger partial charge in [0.25, 0.3) is 0 Å². The Labute approximate surface area is 92.1 Å². The first-order valence-electron chi connectivity index (χ1n) is 5.15. The Morgan fingerprint density at radius 3 is 2.71 bits per heavy atom. The van der Waals surface area contributed by atoms with Gasteiger partial charge in [-0.3, -0.25) is 5.10 Å². The molecule has 0 atom stereocenters. The highest BCUT2D eigenvalue weighted by Crippen LogP contribution is 2.38. The van der Waals surface area contributed by atoms with Crippen LogP contribution in [0.3, 0.4) is 0 Å². The molecular formula is C9H13N3S2. The maximum Gasteiger partial charge on any atom is 0.207 e. The van der Waals surface area contributed by atoms with Crippen LogP contribution in [0.15, 0.2) is 0 Å². The average molecular weight is 227 g/mol. The zero-order chi connectivity index (χ0) is 9.54. The molecule has 0 bridgehead atoms. The summed E-state index contributed by atoms with van der Waals surface area (Å²) >= 11 is 6.67. The number of aromatic nitrogens is 2. The lowest BCUT2D eigenvalue weighted by Crippen LogP contribution is -2.27. The third kappa shape index (κ3) is 1.83. The van der Waals surface area contributed by atoms with E-state index in [-0.39, 0.29) is 0 Å². The number of nitrogens with one attached hydrogen (secondary N) is 1. The van der Waals surface area contributed by atoms with Gasteiger partial charge in [0.2, 0.25) is 5.13 Å². The van der Waals surface area contributed by atoms with E-state index in [1.54, 1.807) is 11.3 Å². The van der Waals surface area contributed by atoms with Gasteiger partial charge >= 0.3 is 0 Å². The Morgan fingerprint density at radius 2 is 2.21 bits per heavy atom. The van der Waals surface area contributed by atoms with Crippen LogP contribution in [-0.4, -0.2) is 22.8 Å². The zero-order valence-corrected chi connectivity index (χ0v) is 9.53. The quantitative estimate of drug-likeness (QED) is 0.802. The third-order valence-corrected chi connectivity index (χ3v) is 3.94. The predicted octanol–water partition coefficient (Wildman–Crippen LogP) is 2.58. The molecule has 0 saturated heterocycles. The molecule has 0 amide bonds. The summed E-state index contributed by atoms with van der Waals surface area (Å²) in [5.41, 5.74) is 0. The molecule has 2 saturated carbocycles. The molecule has 0 aliphatic heterocycles. The topological polar surface area (TPSA) is 31.9 Å². The van der Waals surface area contributed by atoms with Crippen LogP contribution in [0, 0.1) is 9.87 Å². The number of hydrogen-bond acceptors (Lipinski definition) is 4. The van der Waals surface area contributed by atoms with E-state index >= 15 is 0 Å². The Morgan fingerprint density at radius 1 is 1.43 bits per heavy atom. The highest BCUT2D eigenvalue weighted by molar-refractivity contribution is 7.73. The largest absolute Gasteiger partial charge is 0.343 e. The van der Waals surface area contributed by atoms with Gasteiger partial charge in [-0.05, 0) is 43.8 Å². The number of nitrogens with zero attached hydrogens (tertiary/aromatic N) is 2. The summed E-state index contributed by atoms with van der Waals surface area (Å²) in [5.74, 6) is 0.924. The van der Waals surface area contributed by atoms with Crippen LogP contribution in [0.25, 0.3) is 0 Å². The SMILES string of the molecule is S=c1[nH]nc(N(CC2CC2)C2CC2)s1. The van der Waals surface area contributed by atoms with E-state index in [2.05, 4.69) is 15.1 Å². The van der Waals surface area contributed by atoms with Crippen LogP contribution in [0.1, 0.15) is 25.7 Å². The van der Waals surface area contributed by atoms with Gasteiger partial charge in [-0.1, -0.05) is 11.3 Å². The molecule has 76 valence electrons. The van der Waals surface area contributed by atoms with Crippen LogP contribution in [0.4, 0.5) is 5.13 Å². The fraction of sp³-hybridized carbons (Fsp3) is 0.778. The molecule has 5 heteroatoms. The van der Waals surface area contributed by atoms with Crippen molar-refractivity contribution in [2.45, 2.75) is 31.7 Å². The van der Waals surface area contributed by atoms with Crippen molar-refractivity contribution < 1.29 is 0 Å². The molecule has 3 nitrogen and oxygen atoms in total. The Balaban J connectivity index is 1.79. The van der Waals surface area contributed by atoms with Gasteiger partial charge in [-0.2, -0.15) is 0 Å². The van der Waals surface area contributed by atoms with Gasteiger partial charge in [-0.15, -0.1) is 5.10 Å². The van der Waals surface area contributed by atoms with Crippen molar-refractivity contribution in [3.8, 4) is 0 Å². The van der Waals surface area contributed by atoms with E-state index in [1.165, 1.54) is 32.2 Å². The van der Waals surface area contributed by atoms with Gasteiger partial charge in [0.05, 0.1) is 0 Å². The first kappa shape index (κ1) is 8.85. The lowest BCUT2D eigenvalue weighted by Gasteiger charge is -2.20. The summed E-state index contributed by atoms with van der Waals surface area (Å²) in [5, 5.41) is 8.24. The summed E-state index contributed by atoms with van der Waals surface area (Å²) < 4.78 is 0.793. The second-order valence-corrected chi connectivity index (χ2v) is 5.87. The first-order chi connectivity index (χ1) is 6.83. The molecule has 14 heavy (non-hydrogen) atoms. The Bertz CT molecular complexity index is 375. The van der Waals surface area contributed by atoms with E-state index in [0.717, 1.165) is 21.0 Å². The summed E-state index contributed by atoms with van der Waals surface area (Å²) in [4.78, 5) is 2.45. The van der Waals surface area contributed by atoms with Crippen LogP contribution in [-0.2, 0) is 0 Å². The standard InChI is InChI=1S/C9H13N3S2/c13-9-11-10-8(14-9)12(7-3-4-7)5-6-1-2-6/h6-7H,1-5H2,(H,11,13). The summed E-state index contributed by atoms with van der Waals surface area (Å²) in [6, 6.07) is 0.754. The van der Waals surface area contributed by atoms with Gasteiger partial charge in [0.15, 0.2) is 3.95 Å². The highest BCUT2D eigenvalue weighted by Gasteiger charge is 2.35. The van der Waals surface area contributed by atoms with Crippen molar-refractivity contribution in [2.24, 2.45) is 5.92 Å². The minimum absolute atomic E-state index is 0.754. The molecule has 2 aliphatic rings. The summed E-state index contributed by atoms with van der Waals surface area (Å²) in [7, 11) is 0. The molecule has 1 heterocycles. The minimum Gasteiger partial charge on any atom is -0.343 e.